The van der Waals surface area contributed by atoms with E-state index in [0.29, 0.717) is 16.1 Å². The topological polar surface area (TPSA) is 42.9 Å². The lowest BCUT2D eigenvalue weighted by Crippen LogP contribution is -1.97. The minimum absolute atomic E-state index is 0.270. The molecular formula is C14H8Cl2N2O. The Morgan fingerprint density at radius 3 is 2.79 bits per heavy atom. The number of fused-ring (bicyclic) bond motifs is 2. The average molecular weight is 291 g/mol. The van der Waals surface area contributed by atoms with Crippen molar-refractivity contribution < 1.29 is 4.79 Å². The molecule has 2 aromatic heterocycles. The zero-order valence-corrected chi connectivity index (χ0v) is 11.5. The third-order valence-electron chi connectivity index (χ3n) is 3.04. The van der Waals surface area contributed by atoms with E-state index in [1.54, 1.807) is 0 Å². The van der Waals surface area contributed by atoms with Crippen LogP contribution in [0, 0.1) is 6.92 Å². The first-order valence-electron chi connectivity index (χ1n) is 5.62. The van der Waals surface area contributed by atoms with Gasteiger partial charge in [0.1, 0.15) is 5.15 Å². The number of aromatic nitrogens is 2. The third kappa shape index (κ3) is 1.95. The van der Waals surface area contributed by atoms with Crippen LogP contribution in [0.2, 0.25) is 5.15 Å². The average Bonchev–Trinajstić information content (AvgIpc) is 2.38. The largest absolute Gasteiger partial charge is 0.275 e. The number of rotatable bonds is 1. The standard InChI is InChI=1S/C14H8Cl2N2O/c1-7-3-2-4-8-5-9-12(18-11(7)8)10(14(16)19)6-17-13(9)15/h2-6H,1H3. The number of carbonyl (C=O) groups excluding carboxylic acids is 1. The summed E-state index contributed by atoms with van der Waals surface area (Å²) in [5, 5.41) is 1.31. The normalized spacial score (nSPS) is 11.1. The quantitative estimate of drug-likeness (QED) is 0.385. The fourth-order valence-electron chi connectivity index (χ4n) is 2.11. The van der Waals surface area contributed by atoms with Crippen LogP contribution >= 0.6 is 23.2 Å². The summed E-state index contributed by atoms with van der Waals surface area (Å²) in [6.07, 6.45) is 1.36. The Bertz CT molecular complexity index is 830. The van der Waals surface area contributed by atoms with Gasteiger partial charge < -0.3 is 0 Å². The highest BCUT2D eigenvalue weighted by atomic mass is 35.5. The number of nitrogens with zero attached hydrogens (tertiary/aromatic N) is 2. The molecule has 0 N–H and O–H groups in total. The molecule has 0 unspecified atom stereocenters. The first kappa shape index (κ1) is 12.3. The maximum Gasteiger partial charge on any atom is 0.256 e. The Balaban J connectivity index is 2.54. The molecule has 19 heavy (non-hydrogen) atoms. The lowest BCUT2D eigenvalue weighted by Gasteiger charge is -2.07. The van der Waals surface area contributed by atoms with Crippen molar-refractivity contribution in [2.24, 2.45) is 0 Å². The summed E-state index contributed by atoms with van der Waals surface area (Å²) in [6, 6.07) is 7.73. The van der Waals surface area contributed by atoms with E-state index < -0.39 is 5.24 Å². The van der Waals surface area contributed by atoms with Crippen LogP contribution in [0.5, 0.6) is 0 Å². The highest BCUT2D eigenvalue weighted by Crippen LogP contribution is 2.28. The first-order chi connectivity index (χ1) is 9.08. The van der Waals surface area contributed by atoms with Gasteiger partial charge in [0, 0.05) is 17.0 Å². The number of hydrogen-bond donors (Lipinski definition) is 0. The smallest absolute Gasteiger partial charge is 0.256 e. The monoisotopic (exact) mass is 290 g/mol. The molecule has 0 radical (unpaired) electrons. The molecule has 2 heterocycles. The second-order valence-corrected chi connectivity index (χ2v) is 4.97. The molecule has 3 aromatic rings. The molecule has 0 aliphatic heterocycles. The van der Waals surface area contributed by atoms with Crippen molar-refractivity contribution in [2.75, 3.05) is 0 Å². The summed E-state index contributed by atoms with van der Waals surface area (Å²) in [6.45, 7) is 1.96. The zero-order chi connectivity index (χ0) is 13.6. The second-order valence-electron chi connectivity index (χ2n) is 4.27. The molecule has 0 fully saturated rings. The maximum atomic E-state index is 11.4. The van der Waals surface area contributed by atoms with Crippen LogP contribution in [-0.4, -0.2) is 15.2 Å². The van der Waals surface area contributed by atoms with Gasteiger partial charge in [-0.3, -0.25) is 4.79 Å². The maximum absolute atomic E-state index is 11.4. The molecule has 3 rings (SSSR count). The minimum atomic E-state index is -0.588. The summed E-state index contributed by atoms with van der Waals surface area (Å²) >= 11 is 11.6. The lowest BCUT2D eigenvalue weighted by molar-refractivity contribution is 0.108. The number of pyridine rings is 2. The summed E-state index contributed by atoms with van der Waals surface area (Å²) < 4.78 is 0. The van der Waals surface area contributed by atoms with Gasteiger partial charge in [0.2, 0.25) is 0 Å². The van der Waals surface area contributed by atoms with Gasteiger partial charge in [0.05, 0.1) is 16.6 Å². The van der Waals surface area contributed by atoms with E-state index in [1.165, 1.54) is 6.20 Å². The molecular weight excluding hydrogens is 283 g/mol. The van der Waals surface area contributed by atoms with Crippen LogP contribution in [0.3, 0.4) is 0 Å². The predicted octanol–water partition coefficient (Wildman–Crippen LogP) is 4.12. The second kappa shape index (κ2) is 4.44. The zero-order valence-electron chi connectivity index (χ0n) is 9.95. The van der Waals surface area contributed by atoms with Crippen LogP contribution in [-0.2, 0) is 0 Å². The molecule has 0 atom stereocenters. The van der Waals surface area contributed by atoms with Crippen molar-refractivity contribution in [3.63, 3.8) is 0 Å². The van der Waals surface area contributed by atoms with E-state index in [4.69, 9.17) is 23.2 Å². The van der Waals surface area contributed by atoms with Crippen molar-refractivity contribution in [1.82, 2.24) is 9.97 Å². The van der Waals surface area contributed by atoms with Gasteiger partial charge in [0.15, 0.2) is 0 Å². The van der Waals surface area contributed by atoms with Gasteiger partial charge in [-0.05, 0) is 30.2 Å². The Labute approximate surface area is 119 Å². The number of halogens is 2. The number of benzene rings is 1. The molecule has 3 nitrogen and oxygen atoms in total. The van der Waals surface area contributed by atoms with Crippen LogP contribution in [0.4, 0.5) is 0 Å². The van der Waals surface area contributed by atoms with Crippen LogP contribution in [0.25, 0.3) is 21.8 Å². The molecule has 0 aliphatic rings. The van der Waals surface area contributed by atoms with E-state index in [-0.39, 0.29) is 5.56 Å². The van der Waals surface area contributed by atoms with E-state index in [0.717, 1.165) is 16.5 Å². The number of aryl methyl sites for hydroxylation is 1. The highest BCUT2D eigenvalue weighted by molar-refractivity contribution is 6.68. The van der Waals surface area contributed by atoms with Crippen LogP contribution in [0.15, 0.2) is 30.5 Å². The van der Waals surface area contributed by atoms with Crippen LogP contribution < -0.4 is 0 Å². The summed E-state index contributed by atoms with van der Waals surface area (Å²) in [7, 11) is 0. The summed E-state index contributed by atoms with van der Waals surface area (Å²) in [4.78, 5) is 19.9. The van der Waals surface area contributed by atoms with Gasteiger partial charge in [-0.2, -0.15) is 0 Å². The SMILES string of the molecule is Cc1cccc2cc3c(Cl)ncc(C(=O)Cl)c3nc12. The Hall–Kier alpha value is -1.71. The molecule has 1 aromatic carbocycles. The molecule has 0 aliphatic carbocycles. The fraction of sp³-hybridized carbons (Fsp3) is 0.0714. The number of para-hydroxylation sites is 1. The predicted molar refractivity (Wildman–Crippen MR) is 77.0 cm³/mol. The van der Waals surface area contributed by atoms with Crippen molar-refractivity contribution >= 4 is 50.3 Å². The molecule has 5 heteroatoms. The van der Waals surface area contributed by atoms with E-state index in [1.807, 2.05) is 31.2 Å². The van der Waals surface area contributed by atoms with Gasteiger partial charge in [-0.25, -0.2) is 9.97 Å². The van der Waals surface area contributed by atoms with E-state index >= 15 is 0 Å². The molecule has 94 valence electrons. The van der Waals surface area contributed by atoms with Crippen LogP contribution in [0.1, 0.15) is 15.9 Å². The summed E-state index contributed by atoms with van der Waals surface area (Å²) in [5.41, 5.74) is 2.62. The Kier molecular flexibility index (Phi) is 2.88. The fourth-order valence-corrected chi connectivity index (χ4v) is 2.44. The summed E-state index contributed by atoms with van der Waals surface area (Å²) in [5.74, 6) is 0. The Morgan fingerprint density at radius 2 is 2.05 bits per heavy atom. The Morgan fingerprint density at radius 1 is 1.26 bits per heavy atom. The molecule has 0 spiro atoms. The molecule has 0 saturated heterocycles. The first-order valence-corrected chi connectivity index (χ1v) is 6.38. The third-order valence-corrected chi connectivity index (χ3v) is 3.55. The van der Waals surface area contributed by atoms with E-state index in [2.05, 4.69) is 9.97 Å². The molecule has 0 saturated carbocycles. The highest BCUT2D eigenvalue weighted by Gasteiger charge is 2.14. The molecule has 0 bridgehead atoms. The van der Waals surface area contributed by atoms with Crippen molar-refractivity contribution in [3.8, 4) is 0 Å². The van der Waals surface area contributed by atoms with Gasteiger partial charge >= 0.3 is 0 Å². The van der Waals surface area contributed by atoms with Gasteiger partial charge in [-0.15, -0.1) is 0 Å². The van der Waals surface area contributed by atoms with Crippen molar-refractivity contribution in [1.29, 1.82) is 0 Å². The lowest BCUT2D eigenvalue weighted by atomic mass is 10.1. The van der Waals surface area contributed by atoms with Gasteiger partial charge in [0.25, 0.3) is 5.24 Å². The minimum Gasteiger partial charge on any atom is -0.275 e. The molecule has 0 amide bonds. The number of hydrogen-bond acceptors (Lipinski definition) is 3. The van der Waals surface area contributed by atoms with Crippen molar-refractivity contribution in [3.05, 3.63) is 46.7 Å². The van der Waals surface area contributed by atoms with Crippen molar-refractivity contribution in [2.45, 2.75) is 6.92 Å². The van der Waals surface area contributed by atoms with Gasteiger partial charge in [-0.1, -0.05) is 29.8 Å². The number of carbonyl (C=O) groups is 1. The van der Waals surface area contributed by atoms with E-state index in [9.17, 15) is 4.79 Å².